The number of Topliss-reactive ketones (excluding diaryl/α,β-unsaturated/α-hetero) is 1. The van der Waals surface area contributed by atoms with Crippen molar-refractivity contribution in [2.45, 2.75) is 59.3 Å². The Morgan fingerprint density at radius 2 is 1.61 bits per heavy atom. The summed E-state index contributed by atoms with van der Waals surface area (Å²) in [5.74, 6) is -0.0592. The van der Waals surface area contributed by atoms with Crippen molar-refractivity contribution in [3.05, 3.63) is 70.9 Å². The van der Waals surface area contributed by atoms with E-state index in [1.807, 2.05) is 45.0 Å². The third-order valence-electron chi connectivity index (χ3n) is 7.69. The third kappa shape index (κ3) is 5.69. The molecule has 2 aliphatic rings. The number of aliphatic imine (C=N–C) groups is 1. The molecule has 6 heteroatoms. The zero-order chi connectivity index (χ0) is 27.4. The molecule has 1 fully saturated rings. The zero-order valence-corrected chi connectivity index (χ0v) is 23.5. The predicted molar refractivity (Wildman–Crippen MR) is 152 cm³/mol. The van der Waals surface area contributed by atoms with E-state index < -0.39 is 11.8 Å². The molecule has 3 atom stereocenters. The average Bonchev–Trinajstić information content (AvgIpc) is 2.92. The molecule has 1 unspecified atom stereocenters. The second-order valence-electron chi connectivity index (χ2n) is 10.7. The first-order valence-electron chi connectivity index (χ1n) is 13.7. The summed E-state index contributed by atoms with van der Waals surface area (Å²) in [6.45, 7) is 12.3. The van der Waals surface area contributed by atoms with E-state index >= 15 is 0 Å². The summed E-state index contributed by atoms with van der Waals surface area (Å²) < 4.78 is 11.0. The number of ether oxygens (including phenoxy) is 2. The van der Waals surface area contributed by atoms with E-state index in [4.69, 9.17) is 14.5 Å². The van der Waals surface area contributed by atoms with Gasteiger partial charge in [0.15, 0.2) is 0 Å². The largest absolute Gasteiger partial charge is 0.497 e. The highest BCUT2D eigenvalue weighted by Crippen LogP contribution is 2.46. The monoisotopic (exact) mass is 516 g/mol. The predicted octanol–water partition coefficient (Wildman–Crippen LogP) is 6.32. The molecular formula is C32H40N2O4. The van der Waals surface area contributed by atoms with E-state index in [-0.39, 0.29) is 23.6 Å². The van der Waals surface area contributed by atoms with Crippen LogP contribution in [0.1, 0.15) is 70.4 Å². The zero-order valence-electron chi connectivity index (χ0n) is 23.5. The highest BCUT2D eigenvalue weighted by atomic mass is 16.5. The molecule has 1 heterocycles. The second-order valence-corrected chi connectivity index (χ2v) is 10.7. The van der Waals surface area contributed by atoms with Crippen LogP contribution < -0.4 is 9.64 Å². The Kier molecular flexibility index (Phi) is 8.70. The lowest BCUT2D eigenvalue weighted by atomic mass is 9.66. The van der Waals surface area contributed by atoms with Gasteiger partial charge in [-0.3, -0.25) is 9.79 Å². The van der Waals surface area contributed by atoms with E-state index in [2.05, 4.69) is 43.0 Å². The maximum atomic E-state index is 13.8. The Morgan fingerprint density at radius 1 is 0.974 bits per heavy atom. The lowest BCUT2D eigenvalue weighted by Crippen LogP contribution is -2.41. The van der Waals surface area contributed by atoms with Crippen LogP contribution in [0.15, 0.2) is 64.8 Å². The maximum Gasteiger partial charge on any atom is 0.336 e. The van der Waals surface area contributed by atoms with E-state index in [9.17, 15) is 9.59 Å². The maximum absolute atomic E-state index is 13.8. The minimum Gasteiger partial charge on any atom is -0.497 e. The van der Waals surface area contributed by atoms with Crippen molar-refractivity contribution in [2.75, 3.05) is 31.7 Å². The lowest BCUT2D eigenvalue weighted by molar-refractivity contribution is -0.140. The van der Waals surface area contributed by atoms with E-state index in [1.54, 1.807) is 7.11 Å². The number of anilines is 1. The molecule has 0 spiro atoms. The number of esters is 1. The van der Waals surface area contributed by atoms with Crippen LogP contribution in [0.25, 0.3) is 0 Å². The van der Waals surface area contributed by atoms with Crippen LogP contribution in [0.2, 0.25) is 0 Å². The van der Waals surface area contributed by atoms with Gasteiger partial charge >= 0.3 is 5.97 Å². The molecule has 2 aromatic rings. The molecule has 1 aliphatic heterocycles. The first-order chi connectivity index (χ1) is 18.3. The summed E-state index contributed by atoms with van der Waals surface area (Å²) >= 11 is 0. The second kappa shape index (κ2) is 12.0. The quantitative estimate of drug-likeness (QED) is 0.365. The summed E-state index contributed by atoms with van der Waals surface area (Å²) in [6.07, 6.45) is 1.10. The molecule has 1 saturated carbocycles. The van der Waals surface area contributed by atoms with Gasteiger partial charge in [-0.05, 0) is 74.4 Å². The molecule has 202 valence electrons. The third-order valence-corrected chi connectivity index (χ3v) is 7.69. The van der Waals surface area contributed by atoms with Gasteiger partial charge in [0.25, 0.3) is 0 Å². The molecule has 2 aromatic carbocycles. The van der Waals surface area contributed by atoms with Crippen molar-refractivity contribution >= 4 is 23.2 Å². The van der Waals surface area contributed by atoms with Crippen molar-refractivity contribution in [2.24, 2.45) is 16.8 Å². The fourth-order valence-electron chi connectivity index (χ4n) is 5.71. The molecule has 0 N–H and O–H groups in total. The van der Waals surface area contributed by atoms with Gasteiger partial charge in [0.1, 0.15) is 11.5 Å². The molecular weight excluding hydrogens is 476 g/mol. The number of carbonyl (C=O) groups excluding carboxylic acids is 2. The van der Waals surface area contributed by atoms with Gasteiger partial charge < -0.3 is 14.4 Å². The normalized spacial score (nSPS) is 21.2. The summed E-state index contributed by atoms with van der Waals surface area (Å²) in [5.41, 5.74) is 5.19. The first-order valence-corrected chi connectivity index (χ1v) is 13.7. The first kappa shape index (κ1) is 27.6. The number of nitrogens with zero attached hydrogens (tertiary/aromatic N) is 2. The molecule has 0 radical (unpaired) electrons. The molecule has 0 aromatic heterocycles. The Hall–Kier alpha value is -3.41. The average molecular weight is 517 g/mol. The molecule has 0 amide bonds. The summed E-state index contributed by atoms with van der Waals surface area (Å²) in [5, 5.41) is 0. The summed E-state index contributed by atoms with van der Waals surface area (Å²) in [4.78, 5) is 34.4. The van der Waals surface area contributed by atoms with Crippen LogP contribution in [-0.4, -0.2) is 44.3 Å². The topological polar surface area (TPSA) is 68.2 Å². The van der Waals surface area contributed by atoms with Gasteiger partial charge in [-0.2, -0.15) is 0 Å². The fourth-order valence-corrected chi connectivity index (χ4v) is 5.71. The molecule has 0 bridgehead atoms. The van der Waals surface area contributed by atoms with Crippen LogP contribution in [-0.2, 0) is 14.3 Å². The number of rotatable bonds is 9. The standard InChI is InChI=1S/C32H40N2O4/c1-7-34(8-2)25-13-9-23(10-14-25)30-29(32(36)38-19-20(3)4)21(5)33-27-17-24(18-28(35)31(27)30)22-11-15-26(37-6)16-12-22/h9-16,20,24,30-31H,7-8,17-19H2,1-6H3/t24-,30-,31?/m1/s1. The van der Waals surface area contributed by atoms with Crippen molar-refractivity contribution in [1.82, 2.24) is 0 Å². The van der Waals surface area contributed by atoms with Crippen LogP contribution >= 0.6 is 0 Å². The van der Waals surface area contributed by atoms with E-state index in [0.29, 0.717) is 30.7 Å². The smallest absolute Gasteiger partial charge is 0.336 e. The number of benzene rings is 2. The Morgan fingerprint density at radius 3 is 2.18 bits per heavy atom. The molecule has 6 nitrogen and oxygen atoms in total. The van der Waals surface area contributed by atoms with Crippen molar-refractivity contribution in [3.8, 4) is 5.75 Å². The molecule has 4 rings (SSSR count). The minimum absolute atomic E-state index is 0.0522. The fraction of sp³-hybridized carbons (Fsp3) is 0.469. The number of methoxy groups -OCH3 is 1. The highest BCUT2D eigenvalue weighted by molar-refractivity contribution is 6.12. The number of hydrogen-bond acceptors (Lipinski definition) is 6. The van der Waals surface area contributed by atoms with Crippen molar-refractivity contribution in [3.63, 3.8) is 0 Å². The van der Waals surface area contributed by atoms with Gasteiger partial charge in [0, 0.05) is 42.5 Å². The summed E-state index contributed by atoms with van der Waals surface area (Å²) in [6, 6.07) is 16.2. The van der Waals surface area contributed by atoms with Crippen LogP contribution in [0.5, 0.6) is 5.75 Å². The van der Waals surface area contributed by atoms with Crippen LogP contribution in [0, 0.1) is 11.8 Å². The number of carbonyl (C=O) groups is 2. The van der Waals surface area contributed by atoms with Gasteiger partial charge in [-0.15, -0.1) is 0 Å². The van der Waals surface area contributed by atoms with Gasteiger partial charge in [0.2, 0.25) is 0 Å². The highest BCUT2D eigenvalue weighted by Gasteiger charge is 2.46. The Bertz CT molecular complexity index is 1210. The van der Waals surface area contributed by atoms with Gasteiger partial charge in [-0.1, -0.05) is 38.1 Å². The Labute approximate surface area is 226 Å². The van der Waals surface area contributed by atoms with Crippen molar-refractivity contribution in [1.29, 1.82) is 0 Å². The van der Waals surface area contributed by atoms with E-state index in [1.165, 1.54) is 0 Å². The number of hydrogen-bond donors (Lipinski definition) is 0. The molecule has 0 saturated heterocycles. The molecule has 38 heavy (non-hydrogen) atoms. The van der Waals surface area contributed by atoms with Crippen LogP contribution in [0.4, 0.5) is 5.69 Å². The van der Waals surface area contributed by atoms with Gasteiger partial charge in [-0.25, -0.2) is 4.79 Å². The Balaban J connectivity index is 1.73. The van der Waals surface area contributed by atoms with Crippen molar-refractivity contribution < 1.29 is 19.1 Å². The lowest BCUT2D eigenvalue weighted by Gasteiger charge is -2.38. The number of allylic oxidation sites excluding steroid dienone is 1. The number of fused-ring (bicyclic) bond motifs is 1. The van der Waals surface area contributed by atoms with Gasteiger partial charge in [0.05, 0.1) is 25.2 Å². The number of ketones is 1. The van der Waals surface area contributed by atoms with E-state index in [0.717, 1.165) is 41.4 Å². The summed E-state index contributed by atoms with van der Waals surface area (Å²) in [7, 11) is 1.65. The SMILES string of the molecule is CCN(CC)c1ccc([C@@H]2C(C(=O)OCC(C)C)=C(C)N=C3C[C@@H](c4ccc(OC)cc4)CC(=O)C32)cc1. The minimum atomic E-state index is -0.464. The van der Waals surface area contributed by atoms with Crippen LogP contribution in [0.3, 0.4) is 0 Å². The molecule has 1 aliphatic carbocycles.